The van der Waals surface area contributed by atoms with E-state index >= 15 is 0 Å². The van der Waals surface area contributed by atoms with Crippen molar-refractivity contribution in [2.75, 3.05) is 0 Å². The van der Waals surface area contributed by atoms with E-state index in [-0.39, 0.29) is 0 Å². The summed E-state index contributed by atoms with van der Waals surface area (Å²) in [5, 5.41) is 11.0. The van der Waals surface area contributed by atoms with E-state index in [2.05, 4.69) is 36.3 Å². The number of rotatable bonds is 3. The van der Waals surface area contributed by atoms with E-state index in [0.717, 1.165) is 18.2 Å². The molecule has 1 aromatic rings. The SMILES string of the molecule is Cc1n[nH]c(C)c1CNC1CCCCCC1C. The van der Waals surface area contributed by atoms with Gasteiger partial charge in [-0.15, -0.1) is 0 Å². The number of aromatic nitrogens is 2. The molecule has 0 aromatic carbocycles. The zero-order valence-electron chi connectivity index (χ0n) is 11.3. The molecule has 1 fully saturated rings. The van der Waals surface area contributed by atoms with Crippen LogP contribution in [-0.2, 0) is 6.54 Å². The predicted molar refractivity (Wildman–Crippen MR) is 70.9 cm³/mol. The third-order valence-electron chi connectivity index (χ3n) is 4.18. The summed E-state index contributed by atoms with van der Waals surface area (Å²) in [5.74, 6) is 0.810. The molecule has 1 aromatic heterocycles. The van der Waals surface area contributed by atoms with Crippen molar-refractivity contribution >= 4 is 0 Å². The molecule has 0 radical (unpaired) electrons. The highest BCUT2D eigenvalue weighted by atomic mass is 15.1. The highest BCUT2D eigenvalue weighted by Crippen LogP contribution is 2.23. The first-order valence-electron chi connectivity index (χ1n) is 6.92. The first-order valence-corrected chi connectivity index (χ1v) is 6.92. The van der Waals surface area contributed by atoms with E-state index in [4.69, 9.17) is 0 Å². The zero-order chi connectivity index (χ0) is 12.3. The van der Waals surface area contributed by atoms with Crippen molar-refractivity contribution in [1.82, 2.24) is 15.5 Å². The fraction of sp³-hybridized carbons (Fsp3) is 0.786. The minimum atomic E-state index is 0.686. The number of aryl methyl sites for hydroxylation is 2. The summed E-state index contributed by atoms with van der Waals surface area (Å²) < 4.78 is 0. The molecule has 0 spiro atoms. The van der Waals surface area contributed by atoms with Crippen LogP contribution in [0, 0.1) is 19.8 Å². The van der Waals surface area contributed by atoms with Gasteiger partial charge in [-0.1, -0.05) is 26.2 Å². The minimum absolute atomic E-state index is 0.686. The summed E-state index contributed by atoms with van der Waals surface area (Å²) in [6, 6.07) is 0.686. The molecule has 3 heteroatoms. The second-order valence-electron chi connectivity index (χ2n) is 5.52. The van der Waals surface area contributed by atoms with Crippen molar-refractivity contribution < 1.29 is 0 Å². The minimum Gasteiger partial charge on any atom is -0.310 e. The lowest BCUT2D eigenvalue weighted by molar-refractivity contribution is 0.355. The third kappa shape index (κ3) is 3.09. The molecular weight excluding hydrogens is 210 g/mol. The lowest BCUT2D eigenvalue weighted by Crippen LogP contribution is -2.34. The summed E-state index contributed by atoms with van der Waals surface area (Å²) in [6.07, 6.45) is 6.90. The van der Waals surface area contributed by atoms with Crippen LogP contribution in [0.5, 0.6) is 0 Å². The summed E-state index contributed by atoms with van der Waals surface area (Å²) in [6.45, 7) is 7.53. The fourth-order valence-electron chi connectivity index (χ4n) is 2.86. The number of nitrogens with one attached hydrogen (secondary N) is 2. The Bertz CT molecular complexity index is 337. The fourth-order valence-corrected chi connectivity index (χ4v) is 2.86. The molecule has 3 nitrogen and oxygen atoms in total. The van der Waals surface area contributed by atoms with E-state index in [1.807, 2.05) is 0 Å². The monoisotopic (exact) mass is 235 g/mol. The molecule has 2 N–H and O–H groups in total. The number of H-pyrrole nitrogens is 1. The van der Waals surface area contributed by atoms with E-state index in [1.54, 1.807) is 0 Å². The third-order valence-corrected chi connectivity index (χ3v) is 4.18. The molecule has 1 heterocycles. The van der Waals surface area contributed by atoms with Crippen molar-refractivity contribution in [2.24, 2.45) is 5.92 Å². The first kappa shape index (κ1) is 12.6. The highest BCUT2D eigenvalue weighted by Gasteiger charge is 2.19. The van der Waals surface area contributed by atoms with Gasteiger partial charge in [0.05, 0.1) is 5.69 Å². The molecule has 2 unspecified atom stereocenters. The van der Waals surface area contributed by atoms with Crippen LogP contribution >= 0.6 is 0 Å². The quantitative estimate of drug-likeness (QED) is 0.790. The lowest BCUT2D eigenvalue weighted by atomic mass is 9.96. The van der Waals surface area contributed by atoms with Gasteiger partial charge in [0.1, 0.15) is 0 Å². The van der Waals surface area contributed by atoms with E-state index in [9.17, 15) is 0 Å². The second kappa shape index (κ2) is 5.67. The van der Waals surface area contributed by atoms with Gasteiger partial charge in [0, 0.05) is 23.8 Å². The number of hydrogen-bond acceptors (Lipinski definition) is 2. The van der Waals surface area contributed by atoms with Gasteiger partial charge in [-0.2, -0.15) is 5.10 Å². The molecular formula is C14H25N3. The molecule has 17 heavy (non-hydrogen) atoms. The summed E-state index contributed by atoms with van der Waals surface area (Å²) in [5.41, 5.74) is 3.69. The van der Waals surface area contributed by atoms with Crippen LogP contribution in [0.2, 0.25) is 0 Å². The van der Waals surface area contributed by atoms with Crippen LogP contribution in [-0.4, -0.2) is 16.2 Å². The predicted octanol–water partition coefficient (Wildman–Crippen LogP) is 3.08. The topological polar surface area (TPSA) is 40.7 Å². The van der Waals surface area contributed by atoms with Gasteiger partial charge in [0.15, 0.2) is 0 Å². The largest absolute Gasteiger partial charge is 0.310 e. The van der Waals surface area contributed by atoms with Gasteiger partial charge < -0.3 is 5.32 Å². The van der Waals surface area contributed by atoms with Crippen LogP contribution in [0.15, 0.2) is 0 Å². The Balaban J connectivity index is 1.92. The Morgan fingerprint density at radius 3 is 2.71 bits per heavy atom. The van der Waals surface area contributed by atoms with Gasteiger partial charge >= 0.3 is 0 Å². The molecule has 1 aliphatic rings. The van der Waals surface area contributed by atoms with Crippen LogP contribution < -0.4 is 5.32 Å². The van der Waals surface area contributed by atoms with E-state index in [1.165, 1.54) is 43.4 Å². The van der Waals surface area contributed by atoms with Gasteiger partial charge in [0.25, 0.3) is 0 Å². The van der Waals surface area contributed by atoms with Crippen molar-refractivity contribution in [1.29, 1.82) is 0 Å². The standard InChI is InChI=1S/C14H25N3/c1-10-7-5-4-6-8-14(10)15-9-13-11(2)16-17-12(13)3/h10,14-15H,4-9H2,1-3H3,(H,16,17). The normalized spacial score (nSPS) is 25.8. The summed E-state index contributed by atoms with van der Waals surface area (Å²) in [7, 11) is 0. The van der Waals surface area contributed by atoms with Crippen LogP contribution in [0.25, 0.3) is 0 Å². The van der Waals surface area contributed by atoms with Crippen LogP contribution in [0.4, 0.5) is 0 Å². The smallest absolute Gasteiger partial charge is 0.0638 e. The maximum atomic E-state index is 4.25. The highest BCUT2D eigenvalue weighted by molar-refractivity contribution is 5.22. The Morgan fingerprint density at radius 1 is 1.24 bits per heavy atom. The van der Waals surface area contributed by atoms with Gasteiger partial charge in [-0.25, -0.2) is 0 Å². The van der Waals surface area contributed by atoms with Gasteiger partial charge in [-0.05, 0) is 32.6 Å². The molecule has 0 amide bonds. The Labute approximate surface area is 104 Å². The molecule has 0 saturated heterocycles. The molecule has 1 aliphatic carbocycles. The lowest BCUT2D eigenvalue weighted by Gasteiger charge is -2.23. The average Bonchev–Trinajstić information content (AvgIpc) is 2.52. The van der Waals surface area contributed by atoms with E-state index in [0.29, 0.717) is 6.04 Å². The van der Waals surface area contributed by atoms with Crippen molar-refractivity contribution in [2.45, 2.75) is 65.5 Å². The zero-order valence-corrected chi connectivity index (χ0v) is 11.3. The maximum Gasteiger partial charge on any atom is 0.0638 e. The molecule has 2 atom stereocenters. The summed E-state index contributed by atoms with van der Waals surface area (Å²) >= 11 is 0. The molecule has 0 bridgehead atoms. The number of aromatic amines is 1. The molecule has 0 aliphatic heterocycles. The Hall–Kier alpha value is -0.830. The van der Waals surface area contributed by atoms with Crippen molar-refractivity contribution in [3.05, 3.63) is 17.0 Å². The molecule has 2 rings (SSSR count). The Kier molecular flexibility index (Phi) is 4.21. The van der Waals surface area contributed by atoms with E-state index < -0.39 is 0 Å². The van der Waals surface area contributed by atoms with Crippen molar-refractivity contribution in [3.8, 4) is 0 Å². The molecule has 1 saturated carbocycles. The number of nitrogens with zero attached hydrogens (tertiary/aromatic N) is 1. The number of hydrogen-bond donors (Lipinski definition) is 2. The van der Waals surface area contributed by atoms with Crippen molar-refractivity contribution in [3.63, 3.8) is 0 Å². The second-order valence-corrected chi connectivity index (χ2v) is 5.52. The average molecular weight is 235 g/mol. The Morgan fingerprint density at radius 2 is 2.00 bits per heavy atom. The maximum absolute atomic E-state index is 4.25. The van der Waals surface area contributed by atoms with Gasteiger partial charge in [0.2, 0.25) is 0 Å². The first-order chi connectivity index (χ1) is 8.18. The van der Waals surface area contributed by atoms with Crippen LogP contribution in [0.3, 0.4) is 0 Å². The van der Waals surface area contributed by atoms with Crippen LogP contribution in [0.1, 0.15) is 56.0 Å². The summed E-state index contributed by atoms with van der Waals surface area (Å²) in [4.78, 5) is 0. The molecule has 96 valence electrons. The van der Waals surface area contributed by atoms with Gasteiger partial charge in [-0.3, -0.25) is 5.10 Å².